The number of amides is 2. The largest absolute Gasteiger partial charge is 0.468 e. The van der Waals surface area contributed by atoms with Gasteiger partial charge in [-0.3, -0.25) is 14.5 Å². The van der Waals surface area contributed by atoms with E-state index in [0.29, 0.717) is 26.3 Å². The number of furan rings is 1. The number of ether oxygens (including phenoxy) is 1. The second-order valence-electron chi connectivity index (χ2n) is 6.40. The Labute approximate surface area is 172 Å². The van der Waals surface area contributed by atoms with Crippen molar-refractivity contribution in [2.24, 2.45) is 0 Å². The molecular weight excluding hydrogens is 418 g/mol. The molecule has 0 aliphatic carbocycles. The van der Waals surface area contributed by atoms with E-state index in [9.17, 15) is 18.0 Å². The number of hydrogen-bond acceptors (Lipinski definition) is 8. The number of carbonyl (C=O) groups is 2. The fraction of sp³-hybridized carbons (Fsp3) is 0.444. The van der Waals surface area contributed by atoms with Crippen LogP contribution in [0.4, 0.5) is 0 Å². The maximum Gasteiger partial charge on any atom is 0.309 e. The number of carbonyl (C=O) groups excluding carboxylic acids is 2. The molecule has 3 rings (SSSR count). The van der Waals surface area contributed by atoms with Gasteiger partial charge in [-0.25, -0.2) is 8.42 Å². The summed E-state index contributed by atoms with van der Waals surface area (Å²) in [5, 5.41) is 5.49. The molecule has 1 saturated heterocycles. The van der Waals surface area contributed by atoms with Crippen molar-refractivity contribution in [3.63, 3.8) is 0 Å². The highest BCUT2D eigenvalue weighted by Gasteiger charge is 2.33. The van der Waals surface area contributed by atoms with Crippen LogP contribution < -0.4 is 10.6 Å². The van der Waals surface area contributed by atoms with Crippen molar-refractivity contribution >= 4 is 33.0 Å². The van der Waals surface area contributed by atoms with Gasteiger partial charge in [-0.1, -0.05) is 6.07 Å². The number of sulfone groups is 1. The minimum absolute atomic E-state index is 0.170. The number of nitrogens with one attached hydrogen (secondary N) is 2. The van der Waals surface area contributed by atoms with E-state index >= 15 is 0 Å². The molecule has 2 aromatic rings. The van der Waals surface area contributed by atoms with Crippen molar-refractivity contribution in [3.8, 4) is 0 Å². The first kappa shape index (κ1) is 21.5. The number of nitrogens with zero attached hydrogens (tertiary/aromatic N) is 1. The summed E-state index contributed by atoms with van der Waals surface area (Å²) in [4.78, 5) is 26.3. The zero-order chi connectivity index (χ0) is 20.7. The number of hydrogen-bond donors (Lipinski definition) is 2. The summed E-state index contributed by atoms with van der Waals surface area (Å²) in [6.07, 6.45) is 1.37. The zero-order valence-corrected chi connectivity index (χ0v) is 17.3. The molecule has 2 amide bonds. The first-order chi connectivity index (χ1) is 14.0. The molecule has 11 heteroatoms. The Kier molecular flexibility index (Phi) is 7.42. The lowest BCUT2D eigenvalue weighted by Gasteiger charge is -2.26. The van der Waals surface area contributed by atoms with Gasteiger partial charge in [-0.15, -0.1) is 11.3 Å². The molecule has 1 fully saturated rings. The van der Waals surface area contributed by atoms with E-state index in [1.165, 1.54) is 18.4 Å². The lowest BCUT2D eigenvalue weighted by atomic mass is 10.3. The Hall–Kier alpha value is -2.21. The highest BCUT2D eigenvalue weighted by molar-refractivity contribution is 7.93. The van der Waals surface area contributed by atoms with E-state index in [0.717, 1.165) is 24.4 Å². The van der Waals surface area contributed by atoms with E-state index in [-0.39, 0.29) is 16.5 Å². The second-order valence-corrected chi connectivity index (χ2v) is 9.71. The fourth-order valence-corrected chi connectivity index (χ4v) is 5.69. The second kappa shape index (κ2) is 10.0. The van der Waals surface area contributed by atoms with Crippen molar-refractivity contribution in [1.82, 2.24) is 15.5 Å². The maximum absolute atomic E-state index is 12.9. The quantitative estimate of drug-likeness (QED) is 0.570. The molecule has 3 heterocycles. The van der Waals surface area contributed by atoms with Gasteiger partial charge in [-0.05, 0) is 23.6 Å². The predicted molar refractivity (Wildman–Crippen MR) is 106 cm³/mol. The average molecular weight is 442 g/mol. The van der Waals surface area contributed by atoms with Gasteiger partial charge in [0.25, 0.3) is 0 Å². The smallest absolute Gasteiger partial charge is 0.309 e. The molecule has 0 saturated carbocycles. The minimum Gasteiger partial charge on any atom is -0.468 e. The van der Waals surface area contributed by atoms with Crippen LogP contribution in [0.2, 0.25) is 0 Å². The average Bonchev–Trinajstić information content (AvgIpc) is 3.43. The highest BCUT2D eigenvalue weighted by Crippen LogP contribution is 2.31. The van der Waals surface area contributed by atoms with Gasteiger partial charge in [0.15, 0.2) is 9.84 Å². The van der Waals surface area contributed by atoms with Crippen LogP contribution in [-0.2, 0) is 24.2 Å². The van der Waals surface area contributed by atoms with Crippen LogP contribution in [0.15, 0.2) is 44.5 Å². The Balaban J connectivity index is 1.55. The van der Waals surface area contributed by atoms with Gasteiger partial charge >= 0.3 is 11.8 Å². The van der Waals surface area contributed by atoms with E-state index in [4.69, 9.17) is 9.15 Å². The van der Waals surface area contributed by atoms with Crippen LogP contribution in [0.5, 0.6) is 0 Å². The molecule has 1 atom stereocenters. The molecule has 0 unspecified atom stereocenters. The molecule has 0 aromatic carbocycles. The molecular formula is C18H23N3O6S2. The van der Waals surface area contributed by atoms with Crippen molar-refractivity contribution in [2.45, 2.75) is 9.46 Å². The molecule has 0 radical (unpaired) electrons. The lowest BCUT2D eigenvalue weighted by molar-refractivity contribution is -0.139. The summed E-state index contributed by atoms with van der Waals surface area (Å²) < 4.78 is 36.5. The van der Waals surface area contributed by atoms with E-state index in [1.54, 1.807) is 17.5 Å². The number of morpholine rings is 1. The minimum atomic E-state index is -3.77. The summed E-state index contributed by atoms with van der Waals surface area (Å²) in [6, 6.07) is 6.24. The van der Waals surface area contributed by atoms with Gasteiger partial charge in [0.1, 0.15) is 15.2 Å². The Morgan fingerprint density at radius 3 is 2.55 bits per heavy atom. The molecule has 29 heavy (non-hydrogen) atoms. The van der Waals surface area contributed by atoms with Gasteiger partial charge in [0.05, 0.1) is 19.5 Å². The summed E-state index contributed by atoms with van der Waals surface area (Å²) in [6.45, 7) is 3.54. The summed E-state index contributed by atoms with van der Waals surface area (Å²) >= 11 is 1.09. The van der Waals surface area contributed by atoms with Gasteiger partial charge < -0.3 is 19.8 Å². The predicted octanol–water partition coefficient (Wildman–Crippen LogP) is 0.421. The van der Waals surface area contributed by atoms with Crippen molar-refractivity contribution < 1.29 is 27.2 Å². The fourth-order valence-electron chi connectivity index (χ4n) is 2.90. The summed E-state index contributed by atoms with van der Waals surface area (Å²) in [5.74, 6) is -1.48. The summed E-state index contributed by atoms with van der Waals surface area (Å²) in [5.41, 5.74) is 0. The van der Waals surface area contributed by atoms with Crippen molar-refractivity contribution in [3.05, 3.63) is 41.7 Å². The van der Waals surface area contributed by atoms with Gasteiger partial charge in [-0.2, -0.15) is 0 Å². The third kappa shape index (κ3) is 5.66. The molecule has 1 aliphatic heterocycles. The van der Waals surface area contributed by atoms with Crippen molar-refractivity contribution in [1.29, 1.82) is 0 Å². The van der Waals surface area contributed by atoms with E-state index in [1.807, 2.05) is 0 Å². The molecule has 0 bridgehead atoms. The Bertz CT molecular complexity index is 890. The monoisotopic (exact) mass is 441 g/mol. The van der Waals surface area contributed by atoms with Crippen LogP contribution in [0.25, 0.3) is 0 Å². The zero-order valence-electron chi connectivity index (χ0n) is 15.7. The number of thiophene rings is 1. The van der Waals surface area contributed by atoms with Crippen LogP contribution in [0.3, 0.4) is 0 Å². The maximum atomic E-state index is 12.9. The van der Waals surface area contributed by atoms with E-state index < -0.39 is 26.9 Å². The lowest BCUT2D eigenvalue weighted by Crippen LogP contribution is -2.46. The molecule has 1 aliphatic rings. The molecule has 2 N–H and O–H groups in total. The summed E-state index contributed by atoms with van der Waals surface area (Å²) in [7, 11) is -3.77. The first-order valence-corrected chi connectivity index (χ1v) is 11.6. The SMILES string of the molecule is O=C(NCCN1CCOCC1)C(=O)NC[C@@H](c1ccco1)S(=O)(=O)c1cccs1. The third-order valence-electron chi connectivity index (χ3n) is 4.48. The van der Waals surface area contributed by atoms with Crippen LogP contribution >= 0.6 is 11.3 Å². The molecule has 0 spiro atoms. The third-order valence-corrected chi connectivity index (χ3v) is 7.97. The number of rotatable bonds is 8. The van der Waals surface area contributed by atoms with E-state index in [2.05, 4.69) is 15.5 Å². The van der Waals surface area contributed by atoms with Gasteiger partial charge in [0.2, 0.25) is 0 Å². The van der Waals surface area contributed by atoms with Crippen LogP contribution in [0, 0.1) is 0 Å². The highest BCUT2D eigenvalue weighted by atomic mass is 32.2. The van der Waals surface area contributed by atoms with Crippen molar-refractivity contribution in [2.75, 3.05) is 45.9 Å². The van der Waals surface area contributed by atoms with Crippen LogP contribution in [-0.4, -0.2) is 71.1 Å². The molecule has 2 aromatic heterocycles. The Morgan fingerprint density at radius 2 is 1.90 bits per heavy atom. The van der Waals surface area contributed by atoms with Gasteiger partial charge in [0, 0.05) is 32.7 Å². The Morgan fingerprint density at radius 1 is 1.14 bits per heavy atom. The van der Waals surface area contributed by atoms with Crippen LogP contribution in [0.1, 0.15) is 11.0 Å². The molecule has 9 nitrogen and oxygen atoms in total. The molecule has 158 valence electrons. The first-order valence-electron chi connectivity index (χ1n) is 9.15. The topological polar surface area (TPSA) is 118 Å². The standard InChI is InChI=1S/C18H23N3O6S2/c22-17(19-5-6-21-7-10-26-11-8-21)18(23)20-13-15(14-3-1-9-27-14)29(24,25)16-4-2-12-28-16/h1-4,9,12,15H,5-8,10-11,13H2,(H,19,22)(H,20,23)/t15-/m0/s1. The normalized spacial score (nSPS) is 16.3.